The third-order valence-corrected chi connectivity index (χ3v) is 4.39. The molecule has 0 spiro atoms. The SMILES string of the molecule is CS(=O)(=O)c1ccccc1-c1ccc(CN)c(C(F)(F)F)c1.Cl. The van der Waals surface area contributed by atoms with Gasteiger partial charge in [-0.05, 0) is 23.3 Å². The molecular weight excluding hydrogens is 351 g/mol. The van der Waals surface area contributed by atoms with Crippen LogP contribution in [0.3, 0.4) is 0 Å². The van der Waals surface area contributed by atoms with Gasteiger partial charge in [-0.3, -0.25) is 0 Å². The smallest absolute Gasteiger partial charge is 0.326 e. The summed E-state index contributed by atoms with van der Waals surface area (Å²) >= 11 is 0. The van der Waals surface area contributed by atoms with Crippen molar-refractivity contribution >= 4 is 22.2 Å². The molecule has 23 heavy (non-hydrogen) atoms. The fraction of sp³-hybridized carbons (Fsp3) is 0.200. The first-order chi connectivity index (χ1) is 10.1. The van der Waals surface area contributed by atoms with Crippen molar-refractivity contribution < 1.29 is 21.6 Å². The molecule has 0 aliphatic rings. The largest absolute Gasteiger partial charge is 0.416 e. The predicted octanol–water partition coefficient (Wildman–Crippen LogP) is 3.66. The van der Waals surface area contributed by atoms with Gasteiger partial charge in [0.2, 0.25) is 0 Å². The van der Waals surface area contributed by atoms with Gasteiger partial charge in [0.1, 0.15) is 0 Å². The number of alkyl halides is 3. The zero-order chi connectivity index (χ0) is 16.5. The van der Waals surface area contributed by atoms with Gasteiger partial charge < -0.3 is 5.73 Å². The zero-order valence-electron chi connectivity index (χ0n) is 12.1. The van der Waals surface area contributed by atoms with Crippen LogP contribution in [0.1, 0.15) is 11.1 Å². The van der Waals surface area contributed by atoms with Crippen molar-refractivity contribution in [1.82, 2.24) is 0 Å². The lowest BCUT2D eigenvalue weighted by Crippen LogP contribution is -2.12. The molecule has 2 aromatic carbocycles. The van der Waals surface area contributed by atoms with Gasteiger partial charge in [0, 0.05) is 18.4 Å². The molecule has 0 atom stereocenters. The molecule has 2 N–H and O–H groups in total. The molecule has 0 radical (unpaired) electrons. The van der Waals surface area contributed by atoms with Crippen molar-refractivity contribution in [3.8, 4) is 11.1 Å². The summed E-state index contributed by atoms with van der Waals surface area (Å²) in [7, 11) is -3.55. The first-order valence-corrected chi connectivity index (χ1v) is 8.23. The van der Waals surface area contributed by atoms with E-state index in [0.717, 1.165) is 12.3 Å². The van der Waals surface area contributed by atoms with E-state index in [-0.39, 0.29) is 40.5 Å². The van der Waals surface area contributed by atoms with E-state index < -0.39 is 21.6 Å². The van der Waals surface area contributed by atoms with Gasteiger partial charge in [-0.2, -0.15) is 13.2 Å². The fourth-order valence-electron chi connectivity index (χ4n) is 2.21. The van der Waals surface area contributed by atoms with Crippen LogP contribution in [0.2, 0.25) is 0 Å². The molecule has 0 aromatic heterocycles. The van der Waals surface area contributed by atoms with E-state index in [2.05, 4.69) is 0 Å². The molecular formula is C15H15ClF3NO2S. The summed E-state index contributed by atoms with van der Waals surface area (Å²) in [6.07, 6.45) is -3.53. The molecule has 0 bridgehead atoms. The van der Waals surface area contributed by atoms with Crippen LogP contribution in [0.15, 0.2) is 47.4 Å². The number of nitrogens with two attached hydrogens (primary N) is 1. The average molecular weight is 366 g/mol. The van der Waals surface area contributed by atoms with Crippen LogP contribution in [0.25, 0.3) is 11.1 Å². The molecule has 0 fully saturated rings. The van der Waals surface area contributed by atoms with Gasteiger partial charge in [0.25, 0.3) is 0 Å². The summed E-state index contributed by atoms with van der Waals surface area (Å²) in [4.78, 5) is -0.0105. The molecule has 0 saturated heterocycles. The van der Waals surface area contributed by atoms with Crippen LogP contribution < -0.4 is 5.73 Å². The summed E-state index contributed by atoms with van der Waals surface area (Å²) in [6.45, 7) is -0.247. The molecule has 0 aliphatic heterocycles. The van der Waals surface area contributed by atoms with E-state index >= 15 is 0 Å². The van der Waals surface area contributed by atoms with Crippen LogP contribution in [0.4, 0.5) is 13.2 Å². The Bertz CT molecular complexity index is 805. The van der Waals surface area contributed by atoms with Crippen LogP contribution in [0.5, 0.6) is 0 Å². The Kier molecular flexibility index (Phi) is 5.84. The van der Waals surface area contributed by atoms with E-state index in [0.29, 0.717) is 0 Å². The Labute approximate surface area is 138 Å². The van der Waals surface area contributed by atoms with E-state index in [4.69, 9.17) is 5.73 Å². The fourth-order valence-corrected chi connectivity index (χ4v) is 3.13. The molecule has 0 aliphatic carbocycles. The highest BCUT2D eigenvalue weighted by molar-refractivity contribution is 7.90. The Morgan fingerprint density at radius 2 is 1.70 bits per heavy atom. The first-order valence-electron chi connectivity index (χ1n) is 6.34. The van der Waals surface area contributed by atoms with Crippen molar-refractivity contribution in [3.63, 3.8) is 0 Å². The van der Waals surface area contributed by atoms with Crippen LogP contribution >= 0.6 is 12.4 Å². The third-order valence-electron chi connectivity index (χ3n) is 3.23. The standard InChI is InChI=1S/C15H14F3NO2S.ClH/c1-22(20,21)14-5-3-2-4-12(14)10-6-7-11(9-19)13(8-10)15(16,17)18;/h2-8H,9,19H2,1H3;1H. The minimum absolute atomic E-state index is 0. The molecule has 0 saturated carbocycles. The van der Waals surface area contributed by atoms with Gasteiger partial charge >= 0.3 is 6.18 Å². The van der Waals surface area contributed by atoms with E-state index in [1.807, 2.05) is 0 Å². The van der Waals surface area contributed by atoms with Gasteiger partial charge in [0.05, 0.1) is 10.5 Å². The molecule has 3 nitrogen and oxygen atoms in total. The maximum atomic E-state index is 13.1. The Morgan fingerprint density at radius 3 is 2.22 bits per heavy atom. The van der Waals surface area contributed by atoms with Crippen molar-refractivity contribution in [2.24, 2.45) is 5.73 Å². The molecule has 0 unspecified atom stereocenters. The van der Waals surface area contributed by atoms with E-state index in [1.54, 1.807) is 6.07 Å². The van der Waals surface area contributed by atoms with Gasteiger partial charge in [-0.25, -0.2) is 8.42 Å². The molecule has 2 rings (SSSR count). The minimum atomic E-state index is -4.55. The van der Waals surface area contributed by atoms with Crippen molar-refractivity contribution in [3.05, 3.63) is 53.6 Å². The van der Waals surface area contributed by atoms with Gasteiger partial charge in [-0.1, -0.05) is 30.3 Å². The summed E-state index contributed by atoms with van der Waals surface area (Å²) in [5.74, 6) is 0. The topological polar surface area (TPSA) is 60.2 Å². The number of rotatable bonds is 3. The normalized spacial score (nSPS) is 11.9. The summed E-state index contributed by atoms with van der Waals surface area (Å²) in [5.41, 5.74) is 4.88. The number of hydrogen-bond donors (Lipinski definition) is 1. The number of halogens is 4. The zero-order valence-corrected chi connectivity index (χ0v) is 13.7. The number of hydrogen-bond acceptors (Lipinski definition) is 3. The maximum Gasteiger partial charge on any atom is 0.416 e. The third kappa shape index (κ3) is 4.25. The van der Waals surface area contributed by atoms with Crippen molar-refractivity contribution in [2.75, 3.05) is 6.26 Å². The van der Waals surface area contributed by atoms with Crippen LogP contribution in [-0.2, 0) is 22.6 Å². The van der Waals surface area contributed by atoms with E-state index in [9.17, 15) is 21.6 Å². The molecule has 126 valence electrons. The molecule has 0 heterocycles. The second kappa shape index (κ2) is 6.90. The first kappa shape index (κ1) is 19.5. The summed E-state index contributed by atoms with van der Waals surface area (Å²) in [5, 5.41) is 0. The lowest BCUT2D eigenvalue weighted by Gasteiger charge is -2.15. The minimum Gasteiger partial charge on any atom is -0.326 e. The maximum absolute atomic E-state index is 13.1. The molecule has 8 heteroatoms. The highest BCUT2D eigenvalue weighted by atomic mass is 35.5. The van der Waals surface area contributed by atoms with Crippen molar-refractivity contribution in [1.29, 1.82) is 0 Å². The lowest BCUT2D eigenvalue weighted by atomic mass is 9.98. The Balaban J connectivity index is 0.00000264. The van der Waals surface area contributed by atoms with Crippen molar-refractivity contribution in [2.45, 2.75) is 17.6 Å². The second-order valence-electron chi connectivity index (χ2n) is 4.84. The van der Waals surface area contributed by atoms with Crippen LogP contribution in [-0.4, -0.2) is 14.7 Å². The summed E-state index contributed by atoms with van der Waals surface area (Å²) in [6, 6.07) is 9.61. The molecule has 2 aromatic rings. The monoisotopic (exact) mass is 365 g/mol. The van der Waals surface area contributed by atoms with Crippen LogP contribution in [0, 0.1) is 0 Å². The second-order valence-corrected chi connectivity index (χ2v) is 6.83. The number of benzene rings is 2. The average Bonchev–Trinajstić information content (AvgIpc) is 2.45. The highest BCUT2D eigenvalue weighted by Gasteiger charge is 2.33. The number of sulfone groups is 1. The van der Waals surface area contributed by atoms with Gasteiger partial charge in [0.15, 0.2) is 9.84 Å². The quantitative estimate of drug-likeness (QED) is 0.903. The van der Waals surface area contributed by atoms with Gasteiger partial charge in [-0.15, -0.1) is 12.4 Å². The highest BCUT2D eigenvalue weighted by Crippen LogP contribution is 2.36. The Morgan fingerprint density at radius 1 is 1.09 bits per heavy atom. The predicted molar refractivity (Wildman–Crippen MR) is 85.1 cm³/mol. The lowest BCUT2D eigenvalue weighted by molar-refractivity contribution is -0.138. The Hall–Kier alpha value is -1.57. The summed E-state index contributed by atoms with van der Waals surface area (Å²) < 4.78 is 62.9. The van der Waals surface area contributed by atoms with E-state index in [1.165, 1.54) is 30.3 Å². The molecule has 0 amide bonds.